The Labute approximate surface area is 116 Å². The van der Waals surface area contributed by atoms with Gasteiger partial charge in [0, 0.05) is 38.3 Å². The second-order valence-corrected chi connectivity index (χ2v) is 5.48. The number of hydrogen-bond acceptors (Lipinski definition) is 3. The predicted molar refractivity (Wildman–Crippen MR) is 70.9 cm³/mol. The third-order valence-electron chi connectivity index (χ3n) is 4.16. The molecule has 1 saturated heterocycles. The number of nitrogens with one attached hydrogen (secondary N) is 1. The number of fused-ring (bicyclic) bond motifs is 3. The summed E-state index contributed by atoms with van der Waals surface area (Å²) in [5.74, 6) is 0.905. The van der Waals surface area contributed by atoms with Crippen LogP contribution in [0.25, 0.3) is 0 Å². The van der Waals surface area contributed by atoms with Crippen LogP contribution in [-0.4, -0.2) is 36.8 Å². The van der Waals surface area contributed by atoms with Crippen LogP contribution >= 0.6 is 0 Å². The van der Waals surface area contributed by atoms with E-state index in [1.165, 1.54) is 0 Å². The number of hydrogen-bond donors (Lipinski definition) is 1. The molecule has 3 nitrogen and oxygen atoms in total. The van der Waals surface area contributed by atoms with Gasteiger partial charge in [0.15, 0.2) is 0 Å². The van der Waals surface area contributed by atoms with Crippen LogP contribution in [0.4, 0.5) is 19.0 Å². The molecule has 2 aliphatic heterocycles. The summed E-state index contributed by atoms with van der Waals surface area (Å²) in [5.41, 5.74) is 1.83. The van der Waals surface area contributed by atoms with Gasteiger partial charge in [-0.3, -0.25) is 0 Å². The molecule has 0 aliphatic carbocycles. The van der Waals surface area contributed by atoms with Crippen molar-refractivity contribution in [2.24, 2.45) is 0 Å². The van der Waals surface area contributed by atoms with Crippen molar-refractivity contribution in [2.45, 2.75) is 37.9 Å². The van der Waals surface area contributed by atoms with Crippen molar-refractivity contribution in [1.82, 2.24) is 10.3 Å². The van der Waals surface area contributed by atoms with Crippen molar-refractivity contribution in [3.05, 3.63) is 23.4 Å². The van der Waals surface area contributed by atoms with E-state index in [4.69, 9.17) is 0 Å². The average Bonchev–Trinajstić information content (AvgIpc) is 2.44. The zero-order chi connectivity index (χ0) is 14.2. The Morgan fingerprint density at radius 2 is 2.25 bits per heavy atom. The molecule has 0 spiro atoms. The molecule has 0 radical (unpaired) electrons. The number of aromatic nitrogens is 1. The van der Waals surface area contributed by atoms with Gasteiger partial charge >= 0.3 is 6.18 Å². The van der Waals surface area contributed by atoms with Crippen molar-refractivity contribution >= 4 is 5.82 Å². The highest BCUT2D eigenvalue weighted by Gasteiger charge is 2.32. The molecular formula is C14H18F3N3. The van der Waals surface area contributed by atoms with Gasteiger partial charge in [-0.2, -0.15) is 13.2 Å². The molecule has 6 heteroatoms. The van der Waals surface area contributed by atoms with Crippen LogP contribution in [0.15, 0.2) is 12.3 Å². The van der Waals surface area contributed by atoms with E-state index in [9.17, 15) is 13.2 Å². The Morgan fingerprint density at radius 1 is 1.40 bits per heavy atom. The van der Waals surface area contributed by atoms with E-state index in [1.807, 2.05) is 0 Å². The Hall–Kier alpha value is -1.30. The predicted octanol–water partition coefficient (Wildman–Crippen LogP) is 2.30. The molecule has 0 aromatic carbocycles. The van der Waals surface area contributed by atoms with E-state index in [1.54, 1.807) is 12.3 Å². The summed E-state index contributed by atoms with van der Waals surface area (Å²) in [4.78, 5) is 6.68. The molecule has 1 N–H and O–H groups in total. The summed E-state index contributed by atoms with van der Waals surface area (Å²) in [5, 5.41) is 3.36. The Bertz CT molecular complexity index is 487. The smallest absolute Gasteiger partial charge is 0.351 e. The van der Waals surface area contributed by atoms with Gasteiger partial charge in [-0.15, -0.1) is 0 Å². The zero-order valence-corrected chi connectivity index (χ0v) is 11.2. The van der Waals surface area contributed by atoms with Gasteiger partial charge in [-0.05, 0) is 36.5 Å². The normalized spacial score (nSPS) is 22.4. The molecule has 3 rings (SSSR count). The molecule has 1 atom stereocenters. The highest BCUT2D eigenvalue weighted by Crippen LogP contribution is 2.33. The van der Waals surface area contributed by atoms with Crippen LogP contribution in [0.5, 0.6) is 0 Å². The fourth-order valence-corrected chi connectivity index (χ4v) is 3.16. The fraction of sp³-hybridized carbons (Fsp3) is 0.643. The van der Waals surface area contributed by atoms with E-state index in [0.717, 1.165) is 49.4 Å². The third kappa shape index (κ3) is 2.75. The fourth-order valence-electron chi connectivity index (χ4n) is 3.16. The summed E-state index contributed by atoms with van der Waals surface area (Å²) in [6.45, 7) is 2.73. The number of aryl methyl sites for hydroxylation is 1. The topological polar surface area (TPSA) is 28.2 Å². The molecule has 20 heavy (non-hydrogen) atoms. The molecule has 1 aromatic heterocycles. The van der Waals surface area contributed by atoms with Gasteiger partial charge < -0.3 is 10.2 Å². The van der Waals surface area contributed by atoms with Crippen LogP contribution in [0.3, 0.4) is 0 Å². The van der Waals surface area contributed by atoms with Crippen LogP contribution in [0.2, 0.25) is 0 Å². The van der Waals surface area contributed by atoms with Gasteiger partial charge in [0.2, 0.25) is 0 Å². The van der Waals surface area contributed by atoms with E-state index in [2.05, 4.69) is 15.2 Å². The molecule has 3 heterocycles. The number of halogens is 3. The van der Waals surface area contributed by atoms with Gasteiger partial charge in [0.1, 0.15) is 5.82 Å². The second-order valence-electron chi connectivity index (χ2n) is 5.48. The number of piperazine rings is 1. The number of rotatable bonds is 2. The van der Waals surface area contributed by atoms with Crippen molar-refractivity contribution in [1.29, 1.82) is 0 Å². The minimum Gasteiger partial charge on any atom is -0.351 e. The van der Waals surface area contributed by atoms with E-state index in [-0.39, 0.29) is 6.42 Å². The standard InChI is InChI=1S/C14H18F3N3/c15-14(16,17)5-3-10-4-6-19-13-12(10)2-1-11-9-18-7-8-20(11)13/h4,6,11,18H,1-3,5,7-9H2. The maximum Gasteiger partial charge on any atom is 0.389 e. The minimum absolute atomic E-state index is 0.0606. The summed E-state index contributed by atoms with van der Waals surface area (Å²) < 4.78 is 37.2. The van der Waals surface area contributed by atoms with Crippen molar-refractivity contribution in [2.75, 3.05) is 24.5 Å². The lowest BCUT2D eigenvalue weighted by Crippen LogP contribution is -2.53. The molecule has 110 valence electrons. The third-order valence-corrected chi connectivity index (χ3v) is 4.16. The molecule has 0 bridgehead atoms. The van der Waals surface area contributed by atoms with Gasteiger partial charge in [-0.1, -0.05) is 0 Å². The molecular weight excluding hydrogens is 267 g/mol. The maximum absolute atomic E-state index is 12.4. The first-order valence-corrected chi connectivity index (χ1v) is 7.05. The Morgan fingerprint density at radius 3 is 3.05 bits per heavy atom. The molecule has 2 aliphatic rings. The lowest BCUT2D eigenvalue weighted by atomic mass is 9.92. The molecule has 1 unspecified atom stereocenters. The number of nitrogens with zero attached hydrogens (tertiary/aromatic N) is 2. The quantitative estimate of drug-likeness (QED) is 0.903. The Kier molecular flexibility index (Phi) is 3.58. The maximum atomic E-state index is 12.4. The first-order chi connectivity index (χ1) is 9.54. The highest BCUT2D eigenvalue weighted by molar-refractivity contribution is 5.54. The monoisotopic (exact) mass is 285 g/mol. The number of alkyl halides is 3. The van der Waals surface area contributed by atoms with Gasteiger partial charge in [0.25, 0.3) is 0 Å². The lowest BCUT2D eigenvalue weighted by molar-refractivity contribution is -0.134. The second kappa shape index (κ2) is 5.24. The summed E-state index contributed by atoms with van der Waals surface area (Å²) >= 11 is 0. The summed E-state index contributed by atoms with van der Waals surface area (Å²) in [7, 11) is 0. The zero-order valence-electron chi connectivity index (χ0n) is 11.2. The van der Waals surface area contributed by atoms with Gasteiger partial charge in [0.05, 0.1) is 0 Å². The number of anilines is 1. The van der Waals surface area contributed by atoms with E-state index >= 15 is 0 Å². The van der Waals surface area contributed by atoms with Gasteiger partial charge in [-0.25, -0.2) is 4.98 Å². The molecule has 0 amide bonds. The van der Waals surface area contributed by atoms with Crippen LogP contribution in [0.1, 0.15) is 24.0 Å². The summed E-state index contributed by atoms with van der Waals surface area (Å²) in [6.07, 6.45) is -1.32. The average molecular weight is 285 g/mol. The number of pyridine rings is 1. The Balaban J connectivity index is 1.84. The van der Waals surface area contributed by atoms with Crippen molar-refractivity contribution in [3.8, 4) is 0 Å². The first-order valence-electron chi connectivity index (χ1n) is 7.05. The summed E-state index contributed by atoms with van der Waals surface area (Å²) in [6, 6.07) is 2.18. The molecule has 1 fully saturated rings. The lowest BCUT2D eigenvalue weighted by Gasteiger charge is -2.42. The first kappa shape index (κ1) is 13.7. The van der Waals surface area contributed by atoms with E-state index < -0.39 is 12.6 Å². The highest BCUT2D eigenvalue weighted by atomic mass is 19.4. The van der Waals surface area contributed by atoms with Crippen LogP contribution in [-0.2, 0) is 12.8 Å². The molecule has 1 aromatic rings. The van der Waals surface area contributed by atoms with Crippen molar-refractivity contribution in [3.63, 3.8) is 0 Å². The molecule has 0 saturated carbocycles. The SMILES string of the molecule is FC(F)(F)CCc1ccnc2c1CCC1CNCCN21. The largest absolute Gasteiger partial charge is 0.389 e. The van der Waals surface area contributed by atoms with E-state index in [0.29, 0.717) is 6.04 Å². The van der Waals surface area contributed by atoms with Crippen LogP contribution in [0, 0.1) is 0 Å². The van der Waals surface area contributed by atoms with Crippen molar-refractivity contribution < 1.29 is 13.2 Å². The minimum atomic E-state index is -4.09. The van der Waals surface area contributed by atoms with Crippen LogP contribution < -0.4 is 10.2 Å².